The van der Waals surface area contributed by atoms with Gasteiger partial charge in [-0.2, -0.15) is 0 Å². The summed E-state index contributed by atoms with van der Waals surface area (Å²) in [6, 6.07) is 0.531. The fourth-order valence-electron chi connectivity index (χ4n) is 2.66. The summed E-state index contributed by atoms with van der Waals surface area (Å²) in [4.78, 5) is 16.3. The fourth-order valence-corrected chi connectivity index (χ4v) is 2.66. The number of hydrogen-bond donors (Lipinski definition) is 1. The molecule has 1 aliphatic heterocycles. The molecular weight excluding hydrogens is 214 g/mol. The first kappa shape index (κ1) is 14.5. The number of hydrogen-bond acceptors (Lipinski definition) is 3. The second kappa shape index (κ2) is 6.97. The van der Waals surface area contributed by atoms with Crippen LogP contribution in [-0.4, -0.2) is 54.0 Å². The number of piperidine rings is 1. The molecule has 17 heavy (non-hydrogen) atoms. The largest absolute Gasteiger partial charge is 0.342 e. The molecule has 2 atom stereocenters. The van der Waals surface area contributed by atoms with Crippen LogP contribution < -0.4 is 5.73 Å². The van der Waals surface area contributed by atoms with E-state index in [1.807, 2.05) is 25.7 Å². The number of carbonyl (C=O) groups excluding carboxylic acids is 1. The number of amides is 1. The zero-order chi connectivity index (χ0) is 12.8. The minimum absolute atomic E-state index is 0.153. The summed E-state index contributed by atoms with van der Waals surface area (Å²) in [6.07, 6.45) is 3.56. The average Bonchev–Trinajstić information content (AvgIpc) is 2.31. The van der Waals surface area contributed by atoms with Gasteiger partial charge in [-0.05, 0) is 40.2 Å². The Morgan fingerprint density at radius 1 is 1.41 bits per heavy atom. The molecule has 0 aromatic carbocycles. The van der Waals surface area contributed by atoms with Crippen molar-refractivity contribution < 1.29 is 4.79 Å². The van der Waals surface area contributed by atoms with Crippen molar-refractivity contribution >= 4 is 5.91 Å². The zero-order valence-electron chi connectivity index (χ0n) is 11.5. The van der Waals surface area contributed by atoms with Crippen molar-refractivity contribution in [2.75, 3.05) is 26.2 Å². The van der Waals surface area contributed by atoms with Gasteiger partial charge in [0.25, 0.3) is 0 Å². The molecule has 2 unspecified atom stereocenters. The highest BCUT2D eigenvalue weighted by molar-refractivity contribution is 5.78. The highest BCUT2D eigenvalue weighted by Crippen LogP contribution is 2.18. The van der Waals surface area contributed by atoms with E-state index in [0.717, 1.165) is 26.1 Å². The van der Waals surface area contributed by atoms with Crippen LogP contribution in [0.1, 0.15) is 40.0 Å². The first-order valence-electron chi connectivity index (χ1n) is 6.87. The number of nitrogens with two attached hydrogens (primary N) is 1. The van der Waals surface area contributed by atoms with Gasteiger partial charge < -0.3 is 10.6 Å². The summed E-state index contributed by atoms with van der Waals surface area (Å²) in [5, 5.41) is 0. The van der Waals surface area contributed by atoms with Gasteiger partial charge in [0, 0.05) is 25.2 Å². The monoisotopic (exact) mass is 241 g/mol. The van der Waals surface area contributed by atoms with Crippen LogP contribution >= 0.6 is 0 Å². The van der Waals surface area contributed by atoms with Crippen LogP contribution in [0.5, 0.6) is 0 Å². The van der Waals surface area contributed by atoms with E-state index in [2.05, 4.69) is 4.90 Å². The minimum Gasteiger partial charge on any atom is -0.342 e. The number of likely N-dealkylation sites (tertiary alicyclic amines) is 1. The van der Waals surface area contributed by atoms with Crippen LogP contribution in [-0.2, 0) is 4.79 Å². The Kier molecular flexibility index (Phi) is 5.92. The van der Waals surface area contributed by atoms with Crippen LogP contribution in [0.15, 0.2) is 0 Å². The molecule has 1 rings (SSSR count). The topological polar surface area (TPSA) is 49.6 Å². The maximum absolute atomic E-state index is 12.1. The number of likely N-dealkylation sites (N-methyl/N-ethyl adjacent to an activating group) is 1. The Labute approximate surface area is 105 Å². The summed E-state index contributed by atoms with van der Waals surface area (Å²) in [5.41, 5.74) is 6.01. The average molecular weight is 241 g/mol. The molecule has 1 saturated heterocycles. The van der Waals surface area contributed by atoms with E-state index in [0.29, 0.717) is 12.6 Å². The highest BCUT2D eigenvalue weighted by atomic mass is 16.2. The van der Waals surface area contributed by atoms with E-state index in [-0.39, 0.29) is 11.9 Å². The molecule has 0 bridgehead atoms. The van der Waals surface area contributed by atoms with Gasteiger partial charge in [0.05, 0.1) is 6.54 Å². The van der Waals surface area contributed by atoms with Gasteiger partial charge in [0.1, 0.15) is 0 Å². The fraction of sp³-hybridized carbons (Fsp3) is 0.923. The van der Waals surface area contributed by atoms with Crippen LogP contribution in [0.4, 0.5) is 0 Å². The van der Waals surface area contributed by atoms with Gasteiger partial charge in [-0.1, -0.05) is 6.42 Å². The molecule has 0 aromatic heterocycles. The summed E-state index contributed by atoms with van der Waals surface area (Å²) in [5.74, 6) is 0.238. The second-order valence-corrected chi connectivity index (χ2v) is 4.96. The smallest absolute Gasteiger partial charge is 0.236 e. The van der Waals surface area contributed by atoms with E-state index < -0.39 is 0 Å². The summed E-state index contributed by atoms with van der Waals surface area (Å²) in [6.45, 7) is 9.25. The third-order valence-corrected chi connectivity index (χ3v) is 3.73. The Morgan fingerprint density at radius 2 is 2.06 bits per heavy atom. The first-order chi connectivity index (χ1) is 8.10. The standard InChI is InChI=1S/C13H27N3O/c1-4-15(5-2)13(17)10-16-9-7-6-8-12(16)11(3)14/h11-12H,4-10,14H2,1-3H3. The maximum atomic E-state index is 12.1. The molecule has 1 heterocycles. The number of carbonyl (C=O) groups is 1. The lowest BCUT2D eigenvalue weighted by Crippen LogP contribution is -2.52. The van der Waals surface area contributed by atoms with Crippen LogP contribution in [0.25, 0.3) is 0 Å². The van der Waals surface area contributed by atoms with Crippen molar-refractivity contribution in [2.45, 2.75) is 52.1 Å². The lowest BCUT2D eigenvalue weighted by Gasteiger charge is -2.38. The second-order valence-electron chi connectivity index (χ2n) is 4.96. The highest BCUT2D eigenvalue weighted by Gasteiger charge is 2.27. The van der Waals surface area contributed by atoms with Crippen LogP contribution in [0.3, 0.4) is 0 Å². The van der Waals surface area contributed by atoms with E-state index in [4.69, 9.17) is 5.73 Å². The Bertz CT molecular complexity index is 239. The van der Waals surface area contributed by atoms with E-state index in [9.17, 15) is 4.79 Å². The Hall–Kier alpha value is -0.610. The minimum atomic E-state index is 0.153. The lowest BCUT2D eigenvalue weighted by atomic mass is 9.97. The number of rotatable bonds is 5. The Balaban J connectivity index is 2.55. The first-order valence-corrected chi connectivity index (χ1v) is 6.87. The van der Waals surface area contributed by atoms with Crippen molar-refractivity contribution in [3.05, 3.63) is 0 Å². The summed E-state index contributed by atoms with van der Waals surface area (Å²) >= 11 is 0. The molecule has 0 radical (unpaired) electrons. The van der Waals surface area contributed by atoms with Gasteiger partial charge in [0.2, 0.25) is 5.91 Å². The van der Waals surface area contributed by atoms with Gasteiger partial charge in [-0.25, -0.2) is 0 Å². The predicted molar refractivity (Wildman–Crippen MR) is 70.8 cm³/mol. The molecule has 100 valence electrons. The van der Waals surface area contributed by atoms with E-state index in [1.54, 1.807) is 0 Å². The summed E-state index contributed by atoms with van der Waals surface area (Å²) < 4.78 is 0. The maximum Gasteiger partial charge on any atom is 0.236 e. The van der Waals surface area contributed by atoms with Crippen LogP contribution in [0.2, 0.25) is 0 Å². The SMILES string of the molecule is CCN(CC)C(=O)CN1CCCCC1C(C)N. The molecule has 0 aromatic rings. The lowest BCUT2D eigenvalue weighted by molar-refractivity contribution is -0.133. The van der Waals surface area contributed by atoms with Crippen molar-refractivity contribution in [1.82, 2.24) is 9.80 Å². The molecule has 4 heteroatoms. The third-order valence-electron chi connectivity index (χ3n) is 3.73. The zero-order valence-corrected chi connectivity index (χ0v) is 11.5. The van der Waals surface area contributed by atoms with Crippen molar-refractivity contribution in [3.8, 4) is 0 Å². The third kappa shape index (κ3) is 3.96. The molecule has 4 nitrogen and oxygen atoms in total. The molecule has 1 fully saturated rings. The van der Waals surface area contributed by atoms with Crippen molar-refractivity contribution in [2.24, 2.45) is 5.73 Å². The van der Waals surface area contributed by atoms with Gasteiger partial charge in [-0.15, -0.1) is 0 Å². The molecule has 2 N–H and O–H groups in total. The van der Waals surface area contributed by atoms with Crippen molar-refractivity contribution in [1.29, 1.82) is 0 Å². The predicted octanol–water partition coefficient (Wildman–Crippen LogP) is 1.06. The molecule has 1 amide bonds. The van der Waals surface area contributed by atoms with E-state index in [1.165, 1.54) is 12.8 Å². The van der Waals surface area contributed by atoms with Gasteiger partial charge >= 0.3 is 0 Å². The van der Waals surface area contributed by atoms with E-state index >= 15 is 0 Å². The number of nitrogens with zero attached hydrogens (tertiary/aromatic N) is 2. The molecule has 0 saturated carbocycles. The Morgan fingerprint density at radius 3 is 2.59 bits per heavy atom. The molecule has 1 aliphatic rings. The molecule has 0 spiro atoms. The summed E-state index contributed by atoms with van der Waals surface area (Å²) in [7, 11) is 0. The van der Waals surface area contributed by atoms with Gasteiger partial charge in [-0.3, -0.25) is 9.69 Å². The van der Waals surface area contributed by atoms with Crippen LogP contribution in [0, 0.1) is 0 Å². The normalized spacial score (nSPS) is 23.4. The van der Waals surface area contributed by atoms with Crippen molar-refractivity contribution in [3.63, 3.8) is 0 Å². The quantitative estimate of drug-likeness (QED) is 0.783. The van der Waals surface area contributed by atoms with Gasteiger partial charge in [0.15, 0.2) is 0 Å². The molecule has 0 aliphatic carbocycles. The molecular formula is C13H27N3O.